The highest BCUT2D eigenvalue weighted by atomic mass is 35.5. The number of carbonyl (C=O) groups excluding carboxylic acids is 1. The molecule has 0 aliphatic heterocycles. The molecule has 0 aliphatic carbocycles. The molecule has 0 unspecified atom stereocenters. The number of aromatic amines is 1. The Bertz CT molecular complexity index is 921. The molecule has 2 aromatic carbocycles. The summed E-state index contributed by atoms with van der Waals surface area (Å²) < 4.78 is 0. The summed E-state index contributed by atoms with van der Waals surface area (Å²) >= 11 is 17.9. The topological polar surface area (TPSA) is 57.8 Å². The molecule has 1 heterocycles. The maximum atomic E-state index is 12.4. The average Bonchev–Trinajstić information content (AvgIpc) is 3.03. The van der Waals surface area contributed by atoms with E-state index >= 15 is 0 Å². The van der Waals surface area contributed by atoms with Crippen LogP contribution in [0.3, 0.4) is 0 Å². The molecule has 0 radical (unpaired) electrons. The van der Waals surface area contributed by atoms with Crippen LogP contribution < -0.4 is 5.32 Å². The number of aromatic nitrogens is 2. The van der Waals surface area contributed by atoms with Gasteiger partial charge < -0.3 is 5.32 Å². The number of H-pyrrole nitrogens is 1. The second-order valence-corrected chi connectivity index (χ2v) is 6.46. The van der Waals surface area contributed by atoms with Crippen molar-refractivity contribution >= 4 is 46.4 Å². The molecule has 0 atom stereocenters. The first-order valence-electron chi connectivity index (χ1n) is 7.02. The van der Waals surface area contributed by atoms with E-state index in [4.69, 9.17) is 34.8 Å². The van der Waals surface area contributed by atoms with Crippen LogP contribution in [0.15, 0.2) is 42.5 Å². The predicted molar refractivity (Wildman–Crippen MR) is 98.2 cm³/mol. The maximum Gasteiger partial charge on any atom is 0.273 e. The molecule has 0 saturated carbocycles. The van der Waals surface area contributed by atoms with Crippen molar-refractivity contribution in [1.29, 1.82) is 0 Å². The van der Waals surface area contributed by atoms with E-state index in [1.165, 1.54) is 0 Å². The summed E-state index contributed by atoms with van der Waals surface area (Å²) in [6.07, 6.45) is 0. The lowest BCUT2D eigenvalue weighted by atomic mass is 10.1. The number of nitrogens with one attached hydrogen (secondary N) is 2. The van der Waals surface area contributed by atoms with Crippen LogP contribution in [0.25, 0.3) is 11.3 Å². The highest BCUT2D eigenvalue weighted by molar-refractivity contribution is 6.42. The molecule has 2 N–H and O–H groups in total. The van der Waals surface area contributed by atoms with Gasteiger partial charge in [-0.1, -0.05) is 46.9 Å². The number of aryl methyl sites for hydroxylation is 1. The Morgan fingerprint density at radius 2 is 1.83 bits per heavy atom. The summed E-state index contributed by atoms with van der Waals surface area (Å²) in [6.45, 7) is 1.89. The molecule has 0 aliphatic rings. The lowest BCUT2D eigenvalue weighted by Crippen LogP contribution is -2.13. The Kier molecular flexibility index (Phi) is 4.81. The molecular formula is C17H12Cl3N3O. The van der Waals surface area contributed by atoms with Gasteiger partial charge in [-0.2, -0.15) is 5.10 Å². The van der Waals surface area contributed by atoms with Crippen molar-refractivity contribution in [1.82, 2.24) is 10.2 Å². The molecule has 3 aromatic rings. The van der Waals surface area contributed by atoms with Crippen molar-refractivity contribution < 1.29 is 4.79 Å². The number of anilines is 1. The van der Waals surface area contributed by atoms with E-state index in [-0.39, 0.29) is 5.91 Å². The Balaban J connectivity index is 1.83. The minimum absolute atomic E-state index is 0.306. The standard InChI is InChI=1S/C17H12Cl3N3O/c1-9-2-4-11(18)7-14(9)21-17(24)16-8-15(22-23-16)10-3-5-12(19)13(20)6-10/h2-8H,1H3,(H,21,24)(H,22,23). The van der Waals surface area contributed by atoms with Crippen molar-refractivity contribution in [2.24, 2.45) is 0 Å². The fourth-order valence-corrected chi connectivity index (χ4v) is 2.63. The predicted octanol–water partition coefficient (Wildman–Crippen LogP) is 5.60. The smallest absolute Gasteiger partial charge is 0.273 e. The minimum Gasteiger partial charge on any atom is -0.320 e. The van der Waals surface area contributed by atoms with Gasteiger partial charge in [-0.15, -0.1) is 0 Å². The molecule has 0 saturated heterocycles. The lowest BCUT2D eigenvalue weighted by molar-refractivity contribution is 0.102. The fourth-order valence-electron chi connectivity index (χ4n) is 2.16. The quantitative estimate of drug-likeness (QED) is 0.621. The number of hydrogen-bond acceptors (Lipinski definition) is 2. The highest BCUT2D eigenvalue weighted by Crippen LogP contribution is 2.28. The van der Waals surface area contributed by atoms with Crippen LogP contribution in [0.5, 0.6) is 0 Å². The van der Waals surface area contributed by atoms with Gasteiger partial charge in [0.25, 0.3) is 5.91 Å². The van der Waals surface area contributed by atoms with Gasteiger partial charge in [-0.05, 0) is 42.8 Å². The third-order valence-corrected chi connectivity index (χ3v) is 4.46. The molecule has 7 heteroatoms. The largest absolute Gasteiger partial charge is 0.320 e. The molecule has 4 nitrogen and oxygen atoms in total. The van der Waals surface area contributed by atoms with E-state index in [1.807, 2.05) is 13.0 Å². The maximum absolute atomic E-state index is 12.4. The number of carbonyl (C=O) groups is 1. The molecular weight excluding hydrogens is 369 g/mol. The summed E-state index contributed by atoms with van der Waals surface area (Å²) in [7, 11) is 0. The lowest BCUT2D eigenvalue weighted by Gasteiger charge is -2.07. The van der Waals surface area contributed by atoms with Gasteiger partial charge >= 0.3 is 0 Å². The summed E-state index contributed by atoms with van der Waals surface area (Å²) in [5, 5.41) is 11.1. The number of rotatable bonds is 3. The molecule has 24 heavy (non-hydrogen) atoms. The molecule has 0 bridgehead atoms. The molecule has 0 spiro atoms. The van der Waals surface area contributed by atoms with Crippen molar-refractivity contribution in [3.8, 4) is 11.3 Å². The zero-order chi connectivity index (χ0) is 17.3. The highest BCUT2D eigenvalue weighted by Gasteiger charge is 2.13. The molecule has 0 fully saturated rings. The van der Waals surface area contributed by atoms with Crippen LogP contribution in [-0.4, -0.2) is 16.1 Å². The van der Waals surface area contributed by atoms with Crippen molar-refractivity contribution in [2.45, 2.75) is 6.92 Å². The third kappa shape index (κ3) is 3.56. The first-order chi connectivity index (χ1) is 11.4. The molecule has 122 valence electrons. The third-order valence-electron chi connectivity index (χ3n) is 3.49. The van der Waals surface area contributed by atoms with Crippen LogP contribution in [0, 0.1) is 6.92 Å². The van der Waals surface area contributed by atoms with E-state index in [9.17, 15) is 4.79 Å². The van der Waals surface area contributed by atoms with Gasteiger partial charge in [-0.3, -0.25) is 9.89 Å². The van der Waals surface area contributed by atoms with Crippen LogP contribution in [0.2, 0.25) is 15.1 Å². The van der Waals surface area contributed by atoms with Gasteiger partial charge in [0, 0.05) is 16.3 Å². The number of halogens is 3. The van der Waals surface area contributed by atoms with E-state index in [1.54, 1.807) is 36.4 Å². The van der Waals surface area contributed by atoms with Gasteiger partial charge in [0.1, 0.15) is 5.69 Å². The number of benzene rings is 2. The van der Waals surface area contributed by atoms with Crippen LogP contribution in [-0.2, 0) is 0 Å². The number of nitrogens with zero attached hydrogens (tertiary/aromatic N) is 1. The summed E-state index contributed by atoms with van der Waals surface area (Å²) in [5.41, 5.74) is 3.26. The summed E-state index contributed by atoms with van der Waals surface area (Å²) in [4.78, 5) is 12.4. The monoisotopic (exact) mass is 379 g/mol. The van der Waals surface area contributed by atoms with Crippen LogP contribution >= 0.6 is 34.8 Å². The van der Waals surface area contributed by atoms with E-state index in [2.05, 4.69) is 15.5 Å². The Morgan fingerprint density at radius 1 is 1.04 bits per heavy atom. The Labute approximate surface area is 153 Å². The Hall–Kier alpha value is -2.01. The van der Waals surface area contributed by atoms with Gasteiger partial charge in [-0.25, -0.2) is 0 Å². The second kappa shape index (κ2) is 6.85. The summed E-state index contributed by atoms with van der Waals surface area (Å²) in [5.74, 6) is -0.306. The zero-order valence-electron chi connectivity index (χ0n) is 12.5. The van der Waals surface area contributed by atoms with E-state index in [0.29, 0.717) is 32.1 Å². The molecule has 1 amide bonds. The molecule has 3 rings (SSSR count). The Morgan fingerprint density at radius 3 is 2.58 bits per heavy atom. The van der Waals surface area contributed by atoms with Crippen molar-refractivity contribution in [3.05, 3.63) is 68.8 Å². The van der Waals surface area contributed by atoms with E-state index in [0.717, 1.165) is 11.1 Å². The first kappa shape index (κ1) is 16.8. The minimum atomic E-state index is -0.306. The average molecular weight is 381 g/mol. The van der Waals surface area contributed by atoms with Gasteiger partial charge in [0.05, 0.1) is 15.7 Å². The van der Waals surface area contributed by atoms with Crippen LogP contribution in [0.4, 0.5) is 5.69 Å². The zero-order valence-corrected chi connectivity index (χ0v) is 14.8. The second-order valence-electron chi connectivity index (χ2n) is 5.21. The van der Waals surface area contributed by atoms with Gasteiger partial charge in [0.15, 0.2) is 0 Å². The fraction of sp³-hybridized carbons (Fsp3) is 0.0588. The number of hydrogen-bond donors (Lipinski definition) is 2. The summed E-state index contributed by atoms with van der Waals surface area (Å²) in [6, 6.07) is 12.1. The van der Waals surface area contributed by atoms with Gasteiger partial charge in [0.2, 0.25) is 0 Å². The first-order valence-corrected chi connectivity index (χ1v) is 8.16. The normalized spacial score (nSPS) is 10.7. The molecule has 1 aromatic heterocycles. The van der Waals surface area contributed by atoms with Crippen LogP contribution in [0.1, 0.15) is 16.1 Å². The van der Waals surface area contributed by atoms with Crippen molar-refractivity contribution in [2.75, 3.05) is 5.32 Å². The van der Waals surface area contributed by atoms with E-state index < -0.39 is 0 Å². The SMILES string of the molecule is Cc1ccc(Cl)cc1NC(=O)c1cc(-c2ccc(Cl)c(Cl)c2)n[nH]1. The van der Waals surface area contributed by atoms with Crippen molar-refractivity contribution in [3.63, 3.8) is 0 Å². The number of amides is 1.